The van der Waals surface area contributed by atoms with Crippen molar-refractivity contribution in [2.45, 2.75) is 19.4 Å². The maximum atomic E-state index is 10.0. The number of benzene rings is 3. The summed E-state index contributed by atoms with van der Waals surface area (Å²) in [4.78, 5) is 0. The third-order valence-corrected chi connectivity index (χ3v) is 4.33. The number of ether oxygens (including phenoxy) is 1. The summed E-state index contributed by atoms with van der Waals surface area (Å²) in [5.74, 6) is 1.05. The van der Waals surface area contributed by atoms with Crippen LogP contribution in [0.15, 0.2) is 48.6 Å². The fourth-order valence-corrected chi connectivity index (χ4v) is 3.17. The van der Waals surface area contributed by atoms with E-state index in [0.717, 1.165) is 44.9 Å². The van der Waals surface area contributed by atoms with Gasteiger partial charge in [-0.3, -0.25) is 0 Å². The summed E-state index contributed by atoms with van der Waals surface area (Å²) in [6, 6.07) is 11.0. The molecule has 0 spiro atoms. The zero-order valence-electron chi connectivity index (χ0n) is 12.3. The van der Waals surface area contributed by atoms with Gasteiger partial charge in [-0.1, -0.05) is 12.6 Å². The molecule has 3 aromatic rings. The van der Waals surface area contributed by atoms with Gasteiger partial charge in [0.25, 0.3) is 0 Å². The van der Waals surface area contributed by atoms with Crippen molar-refractivity contribution in [1.29, 1.82) is 0 Å². The molecule has 1 heterocycles. The summed E-state index contributed by atoms with van der Waals surface area (Å²) in [5.41, 5.74) is 2.18. The first kappa shape index (κ1) is 13.0. The molecule has 22 heavy (non-hydrogen) atoms. The van der Waals surface area contributed by atoms with Crippen molar-refractivity contribution >= 4 is 21.5 Å². The van der Waals surface area contributed by atoms with E-state index in [2.05, 4.69) is 6.58 Å². The lowest BCUT2D eigenvalue weighted by atomic mass is 9.96. The van der Waals surface area contributed by atoms with Gasteiger partial charge < -0.3 is 14.9 Å². The summed E-state index contributed by atoms with van der Waals surface area (Å²) in [6.07, 6.45) is 0.826. The molecular formula is C19H16O3. The number of phenolic OH excluding ortho intramolecular Hbond substituents is 2. The molecule has 3 nitrogen and oxygen atoms in total. The highest BCUT2D eigenvalue weighted by molar-refractivity contribution is 6.03. The summed E-state index contributed by atoms with van der Waals surface area (Å²) in [6.45, 7) is 5.96. The highest BCUT2D eigenvalue weighted by atomic mass is 16.5. The Morgan fingerprint density at radius 2 is 1.86 bits per heavy atom. The molecule has 3 aromatic carbocycles. The average molecular weight is 292 g/mol. The Labute approximate surface area is 128 Å². The third kappa shape index (κ3) is 1.82. The van der Waals surface area contributed by atoms with Crippen LogP contribution in [0.2, 0.25) is 0 Å². The van der Waals surface area contributed by atoms with Gasteiger partial charge in [-0.15, -0.1) is 0 Å². The molecule has 1 atom stereocenters. The van der Waals surface area contributed by atoms with E-state index >= 15 is 0 Å². The number of phenols is 2. The van der Waals surface area contributed by atoms with Gasteiger partial charge in [0, 0.05) is 23.4 Å². The standard InChI is InChI=1S/C19H16O3/c1-10(2)19-9-16-14-7-12-5-13(20)8-17(21)15(12)6-11(14)3-4-18(16)22-19/h3-8,19-21H,1,9H2,2H3. The normalized spacial score (nSPS) is 16.7. The zero-order chi connectivity index (χ0) is 15.4. The van der Waals surface area contributed by atoms with Crippen LogP contribution >= 0.6 is 0 Å². The molecule has 0 aliphatic carbocycles. The number of fused-ring (bicyclic) bond motifs is 4. The summed E-state index contributed by atoms with van der Waals surface area (Å²) in [7, 11) is 0. The largest absolute Gasteiger partial charge is 0.508 e. The molecule has 1 unspecified atom stereocenters. The zero-order valence-corrected chi connectivity index (χ0v) is 12.3. The van der Waals surface area contributed by atoms with E-state index in [4.69, 9.17) is 4.74 Å². The highest BCUT2D eigenvalue weighted by Gasteiger charge is 2.25. The van der Waals surface area contributed by atoms with Gasteiger partial charge in [0.1, 0.15) is 23.4 Å². The van der Waals surface area contributed by atoms with Crippen molar-refractivity contribution in [1.82, 2.24) is 0 Å². The van der Waals surface area contributed by atoms with Crippen LogP contribution in [-0.2, 0) is 6.42 Å². The topological polar surface area (TPSA) is 49.7 Å². The molecule has 0 saturated heterocycles. The molecule has 0 saturated carbocycles. The number of hydrogen-bond acceptors (Lipinski definition) is 3. The quantitative estimate of drug-likeness (QED) is 0.520. The number of aromatic hydroxyl groups is 2. The molecule has 0 amide bonds. The summed E-state index contributed by atoms with van der Waals surface area (Å²) >= 11 is 0. The van der Waals surface area contributed by atoms with E-state index in [9.17, 15) is 10.2 Å². The Balaban J connectivity index is 2.00. The minimum atomic E-state index is 0.0221. The Bertz CT molecular complexity index is 940. The molecule has 0 fully saturated rings. The lowest BCUT2D eigenvalue weighted by Gasteiger charge is -2.09. The van der Waals surface area contributed by atoms with Crippen LogP contribution in [0.5, 0.6) is 17.2 Å². The predicted octanol–water partition coefficient (Wildman–Crippen LogP) is 4.28. The lowest BCUT2D eigenvalue weighted by Crippen LogP contribution is -2.13. The van der Waals surface area contributed by atoms with Crippen molar-refractivity contribution in [2.24, 2.45) is 0 Å². The van der Waals surface area contributed by atoms with Gasteiger partial charge in [0.2, 0.25) is 0 Å². The van der Waals surface area contributed by atoms with E-state index in [1.165, 1.54) is 6.07 Å². The van der Waals surface area contributed by atoms with E-state index < -0.39 is 0 Å². The molecule has 0 bridgehead atoms. The minimum absolute atomic E-state index is 0.0221. The fraction of sp³-hybridized carbons (Fsp3) is 0.158. The second kappa shape index (κ2) is 4.41. The van der Waals surface area contributed by atoms with Crippen LogP contribution < -0.4 is 4.74 Å². The van der Waals surface area contributed by atoms with E-state index in [0.29, 0.717) is 0 Å². The molecule has 110 valence electrons. The van der Waals surface area contributed by atoms with Gasteiger partial charge >= 0.3 is 0 Å². The molecule has 0 radical (unpaired) electrons. The Kier molecular flexibility index (Phi) is 2.61. The molecule has 1 aliphatic heterocycles. The molecule has 1 aliphatic rings. The summed E-state index contributed by atoms with van der Waals surface area (Å²) < 4.78 is 5.94. The van der Waals surface area contributed by atoms with E-state index in [1.54, 1.807) is 6.07 Å². The summed E-state index contributed by atoms with van der Waals surface area (Å²) in [5, 5.41) is 23.4. The minimum Gasteiger partial charge on any atom is -0.508 e. The van der Waals surface area contributed by atoms with Crippen molar-refractivity contribution < 1.29 is 14.9 Å². The van der Waals surface area contributed by atoms with Gasteiger partial charge in [-0.25, -0.2) is 0 Å². The first-order chi connectivity index (χ1) is 10.5. The van der Waals surface area contributed by atoms with Crippen molar-refractivity contribution in [3.63, 3.8) is 0 Å². The monoisotopic (exact) mass is 292 g/mol. The SMILES string of the molecule is C=C(C)C1Cc2c(ccc3cc4c(O)cc(O)cc4cc23)O1. The van der Waals surface area contributed by atoms with Crippen LogP contribution in [-0.4, -0.2) is 16.3 Å². The predicted molar refractivity (Wildman–Crippen MR) is 87.7 cm³/mol. The number of rotatable bonds is 1. The lowest BCUT2D eigenvalue weighted by molar-refractivity contribution is 0.271. The molecule has 4 rings (SSSR count). The molecule has 3 heteroatoms. The van der Waals surface area contributed by atoms with Crippen LogP contribution in [0.4, 0.5) is 0 Å². The second-order valence-electron chi connectivity index (χ2n) is 5.96. The third-order valence-electron chi connectivity index (χ3n) is 4.33. The Morgan fingerprint density at radius 1 is 1.09 bits per heavy atom. The van der Waals surface area contributed by atoms with Crippen LogP contribution in [0, 0.1) is 0 Å². The van der Waals surface area contributed by atoms with E-state index in [-0.39, 0.29) is 17.6 Å². The van der Waals surface area contributed by atoms with Crippen LogP contribution in [0.25, 0.3) is 21.5 Å². The maximum Gasteiger partial charge on any atom is 0.127 e. The molecular weight excluding hydrogens is 276 g/mol. The Morgan fingerprint density at radius 3 is 2.64 bits per heavy atom. The highest BCUT2D eigenvalue weighted by Crippen LogP contribution is 2.40. The maximum absolute atomic E-state index is 10.0. The van der Waals surface area contributed by atoms with Crippen LogP contribution in [0.1, 0.15) is 12.5 Å². The van der Waals surface area contributed by atoms with Gasteiger partial charge in [0.15, 0.2) is 0 Å². The Hall–Kier alpha value is -2.68. The van der Waals surface area contributed by atoms with Crippen molar-refractivity contribution in [2.75, 3.05) is 0 Å². The van der Waals surface area contributed by atoms with Crippen LogP contribution in [0.3, 0.4) is 0 Å². The average Bonchev–Trinajstić information content (AvgIpc) is 2.90. The molecule has 0 aromatic heterocycles. The van der Waals surface area contributed by atoms with E-state index in [1.807, 2.05) is 31.2 Å². The van der Waals surface area contributed by atoms with Gasteiger partial charge in [-0.05, 0) is 52.9 Å². The van der Waals surface area contributed by atoms with Crippen molar-refractivity contribution in [3.05, 3.63) is 54.1 Å². The smallest absolute Gasteiger partial charge is 0.127 e. The van der Waals surface area contributed by atoms with Gasteiger partial charge in [0.05, 0.1) is 0 Å². The first-order valence-electron chi connectivity index (χ1n) is 7.26. The second-order valence-corrected chi connectivity index (χ2v) is 5.96. The number of hydrogen-bond donors (Lipinski definition) is 2. The molecule has 2 N–H and O–H groups in total. The fourth-order valence-electron chi connectivity index (χ4n) is 3.17. The van der Waals surface area contributed by atoms with Crippen molar-refractivity contribution in [3.8, 4) is 17.2 Å². The van der Waals surface area contributed by atoms with Gasteiger partial charge in [-0.2, -0.15) is 0 Å². The first-order valence-corrected chi connectivity index (χ1v) is 7.26.